The molecule has 4 amide bonds. The second kappa shape index (κ2) is 13.3. The Morgan fingerprint density at radius 3 is 2.31 bits per heavy atom. The number of benzene rings is 3. The first kappa shape index (κ1) is 28.7. The van der Waals surface area contributed by atoms with Gasteiger partial charge in [-0.25, -0.2) is 4.79 Å². The molecule has 0 aromatic heterocycles. The van der Waals surface area contributed by atoms with E-state index in [4.69, 9.17) is 11.2 Å². The highest BCUT2D eigenvalue weighted by Gasteiger charge is 2.49. The highest BCUT2D eigenvalue weighted by molar-refractivity contribution is 5.91. The normalized spacial score (nSPS) is 20.4. The van der Waals surface area contributed by atoms with E-state index in [1.165, 1.54) is 0 Å². The van der Waals surface area contributed by atoms with Gasteiger partial charge in [0.1, 0.15) is 18.0 Å². The van der Waals surface area contributed by atoms with Gasteiger partial charge in [-0.3, -0.25) is 9.59 Å². The van der Waals surface area contributed by atoms with Crippen LogP contribution < -0.4 is 10.1 Å². The van der Waals surface area contributed by atoms with Crippen molar-refractivity contribution in [2.75, 3.05) is 26.7 Å². The number of amides is 4. The monoisotopic (exact) mass is 564 g/mol. The molecule has 8 heteroatoms. The molecular formula is C34H36N4O4. The number of rotatable bonds is 8. The Morgan fingerprint density at radius 1 is 0.952 bits per heavy atom. The minimum atomic E-state index is -0.845. The predicted molar refractivity (Wildman–Crippen MR) is 160 cm³/mol. The van der Waals surface area contributed by atoms with Gasteiger partial charge in [0.15, 0.2) is 0 Å². The Balaban J connectivity index is 1.47. The summed E-state index contributed by atoms with van der Waals surface area (Å²) in [5, 5.41) is 3.04. The lowest BCUT2D eigenvalue weighted by Crippen LogP contribution is -2.65. The number of hydrogen-bond donors (Lipinski definition) is 1. The van der Waals surface area contributed by atoms with Gasteiger partial charge in [0.2, 0.25) is 11.8 Å². The van der Waals surface area contributed by atoms with Crippen LogP contribution in [0.15, 0.2) is 84.9 Å². The van der Waals surface area contributed by atoms with E-state index in [1.54, 1.807) is 21.8 Å². The van der Waals surface area contributed by atoms with Crippen LogP contribution in [-0.4, -0.2) is 65.5 Å². The van der Waals surface area contributed by atoms with Gasteiger partial charge >= 0.3 is 6.03 Å². The molecular weight excluding hydrogens is 528 g/mol. The second-order valence-corrected chi connectivity index (χ2v) is 10.8. The highest BCUT2D eigenvalue weighted by atomic mass is 16.5. The van der Waals surface area contributed by atoms with Gasteiger partial charge in [-0.1, -0.05) is 72.8 Å². The lowest BCUT2D eigenvalue weighted by molar-refractivity contribution is -0.160. The summed E-state index contributed by atoms with van der Waals surface area (Å²) in [5.41, 5.74) is 2.75. The van der Waals surface area contributed by atoms with E-state index in [0.29, 0.717) is 32.5 Å². The van der Waals surface area contributed by atoms with E-state index < -0.39 is 12.2 Å². The van der Waals surface area contributed by atoms with Crippen LogP contribution in [0.1, 0.15) is 35.6 Å². The van der Waals surface area contributed by atoms with E-state index >= 15 is 0 Å². The SMILES string of the molecule is C#CCC1CC(=O)N2[C@@H](c3ccccc3)C(=O)N(CCc3ccc(OC)cc3)C[C@@H]2N(C(=O)NCc2ccccc2)C1. The largest absolute Gasteiger partial charge is 0.497 e. The standard InChI is InChI=1S/C34H36N4O4/c1-3-10-27-21-31(39)38-30(37(23-27)34(41)35-22-26-11-6-4-7-12-26)24-36(20-19-25-15-17-29(42-2)18-16-25)33(40)32(38)28-13-8-5-9-14-28/h1,4-9,11-18,27,30,32H,10,19-24H2,2H3,(H,35,41)/t27?,30-,32+/m1/s1. The number of fused-ring (bicyclic) bond motifs is 1. The molecule has 216 valence electrons. The minimum Gasteiger partial charge on any atom is -0.497 e. The number of nitrogens with zero attached hydrogens (tertiary/aromatic N) is 3. The smallest absolute Gasteiger partial charge is 0.319 e. The van der Waals surface area contributed by atoms with Gasteiger partial charge in [0, 0.05) is 32.5 Å². The Kier molecular flexibility index (Phi) is 9.08. The van der Waals surface area contributed by atoms with Crippen LogP contribution in [0.2, 0.25) is 0 Å². The second-order valence-electron chi connectivity index (χ2n) is 10.8. The molecule has 2 aliphatic heterocycles. The van der Waals surface area contributed by atoms with E-state index in [-0.39, 0.29) is 36.7 Å². The zero-order valence-electron chi connectivity index (χ0n) is 23.8. The van der Waals surface area contributed by atoms with Crippen molar-refractivity contribution in [1.29, 1.82) is 0 Å². The number of terminal acetylenes is 1. The molecule has 3 aromatic rings. The quantitative estimate of drug-likeness (QED) is 0.415. The molecule has 1 unspecified atom stereocenters. The summed E-state index contributed by atoms with van der Waals surface area (Å²) >= 11 is 0. The van der Waals surface area contributed by atoms with Crippen molar-refractivity contribution in [1.82, 2.24) is 20.0 Å². The average Bonchev–Trinajstić information content (AvgIpc) is 3.16. The van der Waals surface area contributed by atoms with Crippen LogP contribution >= 0.6 is 0 Å². The third kappa shape index (κ3) is 6.41. The molecule has 3 atom stereocenters. The van der Waals surface area contributed by atoms with Gasteiger partial charge in [-0.05, 0) is 41.2 Å². The molecule has 8 nitrogen and oxygen atoms in total. The van der Waals surface area contributed by atoms with E-state index in [9.17, 15) is 14.4 Å². The maximum Gasteiger partial charge on any atom is 0.319 e. The van der Waals surface area contributed by atoms with Crippen LogP contribution in [0.3, 0.4) is 0 Å². The predicted octanol–water partition coefficient (Wildman–Crippen LogP) is 4.23. The van der Waals surface area contributed by atoms with Crippen molar-refractivity contribution in [3.63, 3.8) is 0 Å². The number of ether oxygens (including phenoxy) is 1. The zero-order valence-corrected chi connectivity index (χ0v) is 23.8. The molecule has 1 N–H and O–H groups in total. The van der Waals surface area contributed by atoms with Gasteiger partial charge < -0.3 is 24.8 Å². The Bertz CT molecular complexity index is 1420. The summed E-state index contributed by atoms with van der Waals surface area (Å²) in [7, 11) is 1.63. The first-order valence-corrected chi connectivity index (χ1v) is 14.3. The van der Waals surface area contributed by atoms with Crippen LogP contribution in [0, 0.1) is 18.3 Å². The van der Waals surface area contributed by atoms with Crippen LogP contribution in [-0.2, 0) is 22.6 Å². The zero-order chi connectivity index (χ0) is 29.5. The van der Waals surface area contributed by atoms with Crippen molar-refractivity contribution in [2.24, 2.45) is 5.92 Å². The van der Waals surface area contributed by atoms with Gasteiger partial charge in [-0.2, -0.15) is 0 Å². The first-order chi connectivity index (χ1) is 20.5. The van der Waals surface area contributed by atoms with Gasteiger partial charge in [0.05, 0.1) is 13.7 Å². The fourth-order valence-corrected chi connectivity index (χ4v) is 5.81. The van der Waals surface area contributed by atoms with E-state index in [1.807, 2.05) is 84.9 Å². The van der Waals surface area contributed by atoms with Gasteiger partial charge in [0.25, 0.3) is 0 Å². The van der Waals surface area contributed by atoms with Crippen molar-refractivity contribution < 1.29 is 19.1 Å². The molecule has 0 saturated carbocycles. The summed E-state index contributed by atoms with van der Waals surface area (Å²) in [4.78, 5) is 46.9. The van der Waals surface area contributed by atoms with E-state index in [2.05, 4.69) is 11.2 Å². The van der Waals surface area contributed by atoms with Crippen molar-refractivity contribution in [3.05, 3.63) is 102 Å². The molecule has 42 heavy (non-hydrogen) atoms. The number of urea groups is 1. The highest BCUT2D eigenvalue weighted by Crippen LogP contribution is 2.35. The third-order valence-electron chi connectivity index (χ3n) is 7.99. The molecule has 0 bridgehead atoms. The third-order valence-corrected chi connectivity index (χ3v) is 7.99. The molecule has 2 aliphatic rings. The minimum absolute atomic E-state index is 0.153. The molecule has 2 fully saturated rings. The first-order valence-electron chi connectivity index (χ1n) is 14.3. The van der Waals surface area contributed by atoms with Gasteiger partial charge in [-0.15, -0.1) is 12.3 Å². The summed E-state index contributed by atoms with van der Waals surface area (Å²) in [6, 6.07) is 25.6. The molecule has 0 spiro atoms. The van der Waals surface area contributed by atoms with Crippen LogP contribution in [0.25, 0.3) is 0 Å². The average molecular weight is 565 g/mol. The Hall–Kier alpha value is -4.77. The number of piperazine rings is 1. The fourth-order valence-electron chi connectivity index (χ4n) is 5.81. The van der Waals surface area contributed by atoms with Crippen molar-refractivity contribution in [3.8, 4) is 18.1 Å². The van der Waals surface area contributed by atoms with E-state index in [0.717, 1.165) is 22.4 Å². The maximum atomic E-state index is 14.1. The molecule has 2 heterocycles. The van der Waals surface area contributed by atoms with Crippen LogP contribution in [0.4, 0.5) is 4.79 Å². The van der Waals surface area contributed by atoms with Crippen LogP contribution in [0.5, 0.6) is 5.75 Å². The Morgan fingerprint density at radius 2 is 1.64 bits per heavy atom. The molecule has 3 aromatic carbocycles. The number of nitrogens with one attached hydrogen (secondary N) is 1. The molecule has 0 aliphatic carbocycles. The Labute approximate surface area is 247 Å². The summed E-state index contributed by atoms with van der Waals surface area (Å²) < 4.78 is 5.28. The lowest BCUT2D eigenvalue weighted by atomic mass is 9.98. The summed E-state index contributed by atoms with van der Waals surface area (Å²) in [6.07, 6.45) is 6.18. The number of methoxy groups -OCH3 is 1. The summed E-state index contributed by atoms with van der Waals surface area (Å²) in [5.74, 6) is 2.91. The maximum absolute atomic E-state index is 14.1. The number of hydrogen-bond acceptors (Lipinski definition) is 4. The number of carbonyl (C=O) groups excluding carboxylic acids is 3. The fraction of sp³-hybridized carbons (Fsp3) is 0.324. The molecule has 2 saturated heterocycles. The van der Waals surface area contributed by atoms with Crippen molar-refractivity contribution in [2.45, 2.75) is 38.0 Å². The topological polar surface area (TPSA) is 82.2 Å². The number of carbonyl (C=O) groups is 3. The molecule has 0 radical (unpaired) electrons. The van der Waals surface area contributed by atoms with Crippen molar-refractivity contribution >= 4 is 17.8 Å². The molecule has 5 rings (SSSR count). The summed E-state index contributed by atoms with van der Waals surface area (Å²) in [6.45, 7) is 1.32. The lowest BCUT2D eigenvalue weighted by Gasteiger charge is -2.48.